The van der Waals surface area contributed by atoms with Crippen LogP contribution in [0.15, 0.2) is 63.8 Å². The molecule has 2 amide bonds. The van der Waals surface area contributed by atoms with Crippen LogP contribution in [0, 0.1) is 5.41 Å². The van der Waals surface area contributed by atoms with Gasteiger partial charge < -0.3 is 25.7 Å². The van der Waals surface area contributed by atoms with E-state index in [9.17, 15) is 31.5 Å². The molecule has 1 aliphatic carbocycles. The number of halogens is 8. The third kappa shape index (κ3) is 8.31. The highest BCUT2D eigenvalue weighted by molar-refractivity contribution is 9.10. The first-order valence-electron chi connectivity index (χ1n) is 13.4. The van der Waals surface area contributed by atoms with E-state index in [1.54, 1.807) is 31.2 Å². The maximum absolute atomic E-state index is 15.5. The van der Waals surface area contributed by atoms with Gasteiger partial charge in [0.15, 0.2) is 0 Å². The van der Waals surface area contributed by atoms with E-state index in [4.69, 9.17) is 16.3 Å². The van der Waals surface area contributed by atoms with Gasteiger partial charge >= 0.3 is 6.18 Å². The standard InChI is InChI=1S/C29H27BrClF6N5O3/c1-3-18(31)21(12-27(2,34)14-38-25(44)28(8-9-28)29(35,36)37)42-26-40-19-10-17(22(11-20(19)41-26)45-13-23(32)33)24(43)39-16-6-4-15(30)5-7-16/h3-7,10-12,23H,8-9,13-14H2,1-2H3,(H,38,44)(H,39,43)(H2,40,41,42)/b18-3+,21-12+/t27-/m1/s1. The molecule has 0 aliphatic heterocycles. The highest BCUT2D eigenvalue weighted by Crippen LogP contribution is 2.57. The summed E-state index contributed by atoms with van der Waals surface area (Å²) in [6.07, 6.45) is -5.90. The third-order valence-corrected chi connectivity index (χ3v) is 7.78. The lowest BCUT2D eigenvalue weighted by Crippen LogP contribution is -2.45. The van der Waals surface area contributed by atoms with Crippen LogP contribution >= 0.6 is 27.5 Å². The summed E-state index contributed by atoms with van der Waals surface area (Å²) < 4.78 is 87.2. The van der Waals surface area contributed by atoms with Crippen LogP contribution in [-0.4, -0.2) is 53.2 Å². The molecule has 45 heavy (non-hydrogen) atoms. The number of nitrogens with one attached hydrogen (secondary N) is 4. The minimum atomic E-state index is -4.74. The average molecular weight is 723 g/mol. The van der Waals surface area contributed by atoms with Gasteiger partial charge in [-0.25, -0.2) is 18.2 Å². The van der Waals surface area contributed by atoms with Crippen molar-refractivity contribution < 1.29 is 40.7 Å². The largest absolute Gasteiger partial charge is 0.487 e. The van der Waals surface area contributed by atoms with Gasteiger partial charge in [0.2, 0.25) is 11.9 Å². The Morgan fingerprint density at radius 1 is 1.16 bits per heavy atom. The lowest BCUT2D eigenvalue weighted by Gasteiger charge is -2.23. The molecule has 0 unspecified atom stereocenters. The number of rotatable bonds is 12. The zero-order valence-electron chi connectivity index (χ0n) is 23.7. The van der Waals surface area contributed by atoms with Crippen molar-refractivity contribution in [2.24, 2.45) is 5.41 Å². The number of nitrogens with zero attached hydrogens (tertiary/aromatic N) is 1. The van der Waals surface area contributed by atoms with Crippen LogP contribution in [0.3, 0.4) is 0 Å². The number of H-pyrrole nitrogens is 1. The Morgan fingerprint density at radius 2 is 1.82 bits per heavy atom. The summed E-state index contributed by atoms with van der Waals surface area (Å²) in [6.45, 7) is 0.841. The fourth-order valence-electron chi connectivity index (χ4n) is 4.26. The molecule has 0 spiro atoms. The van der Waals surface area contributed by atoms with Gasteiger partial charge in [-0.3, -0.25) is 9.59 Å². The first kappa shape index (κ1) is 34.2. The van der Waals surface area contributed by atoms with Gasteiger partial charge in [-0.1, -0.05) is 33.6 Å². The molecule has 1 atom stereocenters. The lowest BCUT2D eigenvalue weighted by molar-refractivity contribution is -0.192. The van der Waals surface area contributed by atoms with Crippen LogP contribution < -0.4 is 20.7 Å². The summed E-state index contributed by atoms with van der Waals surface area (Å²) in [5.74, 6) is -2.13. The number of hydrogen-bond acceptors (Lipinski definition) is 5. The van der Waals surface area contributed by atoms with Gasteiger partial charge in [0, 0.05) is 16.2 Å². The van der Waals surface area contributed by atoms with Crippen LogP contribution in [0.4, 0.5) is 38.0 Å². The number of carbonyl (C=O) groups excluding carboxylic acids is 2. The van der Waals surface area contributed by atoms with Crippen LogP contribution in [0.25, 0.3) is 11.0 Å². The van der Waals surface area contributed by atoms with E-state index in [2.05, 4.69) is 36.5 Å². The van der Waals surface area contributed by atoms with E-state index in [0.29, 0.717) is 5.69 Å². The second kappa shape index (κ2) is 13.3. The van der Waals surface area contributed by atoms with Gasteiger partial charge in [0.25, 0.3) is 12.3 Å². The summed E-state index contributed by atoms with van der Waals surface area (Å²) in [4.78, 5) is 32.5. The Bertz CT molecular complexity index is 1640. The fraction of sp³-hybridized carbons (Fsp3) is 0.345. The average Bonchev–Trinajstić information content (AvgIpc) is 3.70. The van der Waals surface area contributed by atoms with Crippen molar-refractivity contribution in [3.63, 3.8) is 0 Å². The molecule has 3 aromatic rings. The van der Waals surface area contributed by atoms with E-state index < -0.39 is 48.7 Å². The van der Waals surface area contributed by atoms with Crippen LogP contribution in [0.2, 0.25) is 0 Å². The van der Waals surface area contributed by atoms with E-state index in [-0.39, 0.29) is 51.9 Å². The molecule has 0 radical (unpaired) electrons. The normalized spacial score (nSPS) is 16.3. The molecule has 1 saturated carbocycles. The number of imidazole rings is 1. The minimum absolute atomic E-state index is 0.00429. The molecule has 8 nitrogen and oxygen atoms in total. The molecule has 4 rings (SSSR count). The van der Waals surface area contributed by atoms with Crippen molar-refractivity contribution in [2.75, 3.05) is 23.8 Å². The first-order chi connectivity index (χ1) is 21.0. The highest BCUT2D eigenvalue weighted by atomic mass is 79.9. The number of allylic oxidation sites excluding steroid dienone is 2. The third-order valence-electron chi connectivity index (χ3n) is 6.83. The zero-order valence-corrected chi connectivity index (χ0v) is 26.1. The Morgan fingerprint density at radius 3 is 2.40 bits per heavy atom. The van der Waals surface area contributed by atoms with E-state index in [1.807, 2.05) is 5.32 Å². The zero-order chi connectivity index (χ0) is 33.2. The Hall–Kier alpha value is -3.72. The summed E-state index contributed by atoms with van der Waals surface area (Å²) in [5, 5.41) is 7.50. The van der Waals surface area contributed by atoms with Crippen molar-refractivity contribution in [3.05, 3.63) is 69.3 Å². The maximum atomic E-state index is 15.5. The number of benzene rings is 2. The molecule has 242 valence electrons. The molecule has 16 heteroatoms. The predicted molar refractivity (Wildman–Crippen MR) is 161 cm³/mol. The second-order valence-corrected chi connectivity index (χ2v) is 11.8. The molecule has 1 heterocycles. The number of alkyl halides is 6. The van der Waals surface area contributed by atoms with E-state index >= 15 is 4.39 Å². The van der Waals surface area contributed by atoms with Gasteiger partial charge in [0.05, 0.1) is 33.9 Å². The minimum Gasteiger partial charge on any atom is -0.487 e. The predicted octanol–water partition coefficient (Wildman–Crippen LogP) is 7.85. The Balaban J connectivity index is 1.59. The van der Waals surface area contributed by atoms with Gasteiger partial charge in [-0.2, -0.15) is 13.2 Å². The smallest absolute Gasteiger partial charge is 0.403 e. The lowest BCUT2D eigenvalue weighted by atomic mass is 10.0. The topological polar surface area (TPSA) is 108 Å². The number of ether oxygens (including phenoxy) is 1. The second-order valence-electron chi connectivity index (χ2n) is 10.5. The molecule has 0 bridgehead atoms. The summed E-state index contributed by atoms with van der Waals surface area (Å²) in [6, 6.07) is 9.26. The van der Waals surface area contributed by atoms with E-state index in [1.165, 1.54) is 18.2 Å². The Kier molecular flexibility index (Phi) is 10.1. The monoisotopic (exact) mass is 721 g/mol. The summed E-state index contributed by atoms with van der Waals surface area (Å²) >= 11 is 9.57. The van der Waals surface area contributed by atoms with E-state index in [0.717, 1.165) is 17.5 Å². The number of hydrogen-bond donors (Lipinski definition) is 4. The molecule has 2 aromatic carbocycles. The summed E-state index contributed by atoms with van der Waals surface area (Å²) in [7, 11) is 0. The van der Waals surface area contributed by atoms with Gasteiger partial charge in [-0.15, -0.1) is 0 Å². The van der Waals surface area contributed by atoms with Crippen LogP contribution in [0.1, 0.15) is 37.0 Å². The first-order valence-corrected chi connectivity index (χ1v) is 14.6. The molecule has 1 fully saturated rings. The Labute approximate surface area is 266 Å². The number of fused-ring (bicyclic) bond motifs is 1. The van der Waals surface area contributed by atoms with Crippen molar-refractivity contribution in [3.8, 4) is 5.75 Å². The number of anilines is 2. The molecule has 1 aromatic heterocycles. The molecule has 1 aliphatic rings. The quantitative estimate of drug-likeness (QED) is 0.113. The maximum Gasteiger partial charge on any atom is 0.403 e. The van der Waals surface area contributed by atoms with Crippen molar-refractivity contribution in [1.29, 1.82) is 0 Å². The number of carbonyl (C=O) groups is 2. The van der Waals surface area contributed by atoms with Crippen LogP contribution in [0.5, 0.6) is 5.75 Å². The molecular formula is C29H27BrClF6N5O3. The van der Waals surface area contributed by atoms with Crippen LogP contribution in [-0.2, 0) is 4.79 Å². The number of aromatic nitrogens is 2. The van der Waals surface area contributed by atoms with Gasteiger partial charge in [-0.05, 0) is 63.1 Å². The summed E-state index contributed by atoms with van der Waals surface area (Å²) in [5.41, 5.74) is -4.11. The molecular weight excluding hydrogens is 696 g/mol. The number of amides is 2. The fourth-order valence-corrected chi connectivity index (χ4v) is 4.63. The molecule has 0 saturated heterocycles. The van der Waals surface area contributed by atoms with Crippen molar-refractivity contribution in [2.45, 2.75) is 45.0 Å². The highest BCUT2D eigenvalue weighted by Gasteiger charge is 2.68. The van der Waals surface area contributed by atoms with Gasteiger partial charge in [0.1, 0.15) is 23.4 Å². The van der Waals surface area contributed by atoms with Crippen molar-refractivity contribution in [1.82, 2.24) is 15.3 Å². The number of aromatic amines is 1. The SMILES string of the molecule is C/C=C(Cl)\C(=C/[C@@](C)(F)CNC(=O)C1(C(F)(F)F)CC1)Nc1nc2cc(C(=O)Nc3ccc(Br)cc3)c(OCC(F)F)cc2[nH]1. The van der Waals surface area contributed by atoms with Crippen molar-refractivity contribution >= 4 is 62.0 Å². The molecule has 4 N–H and O–H groups in total.